The first kappa shape index (κ1) is 14.7. The molecule has 3 N–H and O–H groups in total. The predicted molar refractivity (Wildman–Crippen MR) is 77.9 cm³/mol. The number of nitrogens with two attached hydrogens (primary N) is 1. The third-order valence-electron chi connectivity index (χ3n) is 3.87. The van der Waals surface area contributed by atoms with E-state index in [9.17, 15) is 4.79 Å². The van der Waals surface area contributed by atoms with Crippen molar-refractivity contribution in [2.45, 2.75) is 38.8 Å². The van der Waals surface area contributed by atoms with Crippen LogP contribution in [0.4, 0.5) is 5.69 Å². The average molecular weight is 278 g/mol. The lowest BCUT2D eigenvalue weighted by molar-refractivity contribution is 0.0725. The summed E-state index contributed by atoms with van der Waals surface area (Å²) in [5.41, 5.74) is 6.38. The number of ether oxygens (including phenoxy) is 2. The van der Waals surface area contributed by atoms with E-state index < -0.39 is 0 Å². The van der Waals surface area contributed by atoms with Crippen molar-refractivity contribution in [1.29, 1.82) is 0 Å². The zero-order valence-electron chi connectivity index (χ0n) is 12.2. The number of rotatable bonds is 4. The minimum Gasteiger partial charge on any atom is -0.493 e. The van der Waals surface area contributed by atoms with Gasteiger partial charge in [-0.2, -0.15) is 0 Å². The number of hydrogen-bond acceptors (Lipinski definition) is 4. The Bertz CT molecular complexity index is 504. The molecule has 110 valence electrons. The monoisotopic (exact) mass is 278 g/mol. The van der Waals surface area contributed by atoms with Crippen LogP contribution in [0.25, 0.3) is 0 Å². The molecule has 0 bridgehead atoms. The van der Waals surface area contributed by atoms with Gasteiger partial charge in [0.2, 0.25) is 0 Å². The fraction of sp³-hybridized carbons (Fsp3) is 0.533. The number of carbonyl (C=O) groups excluding carboxylic acids is 1. The van der Waals surface area contributed by atoms with Gasteiger partial charge in [-0.1, -0.05) is 6.07 Å². The molecule has 2 atom stereocenters. The molecule has 1 saturated heterocycles. The molecule has 1 heterocycles. The lowest BCUT2D eigenvalue weighted by Crippen LogP contribution is -2.50. The summed E-state index contributed by atoms with van der Waals surface area (Å²) in [6.45, 7) is 6.97. The van der Waals surface area contributed by atoms with Crippen LogP contribution in [0.5, 0.6) is 5.75 Å². The molecule has 1 fully saturated rings. The maximum atomic E-state index is 12.5. The quantitative estimate of drug-likeness (QED) is 0.826. The zero-order chi connectivity index (χ0) is 14.8. The Balaban J connectivity index is 2.25. The van der Waals surface area contributed by atoms with Crippen LogP contribution in [-0.4, -0.2) is 30.8 Å². The molecular weight excluding hydrogens is 256 g/mol. The molecular formula is C15H22N2O3. The van der Waals surface area contributed by atoms with Gasteiger partial charge in [0.1, 0.15) is 11.3 Å². The second-order valence-electron chi connectivity index (χ2n) is 5.29. The molecule has 0 radical (unpaired) electrons. The fourth-order valence-corrected chi connectivity index (χ4v) is 2.39. The van der Waals surface area contributed by atoms with Crippen molar-refractivity contribution in [1.82, 2.24) is 5.32 Å². The van der Waals surface area contributed by atoms with Crippen molar-refractivity contribution in [3.05, 3.63) is 23.8 Å². The lowest BCUT2D eigenvalue weighted by atomic mass is 9.94. The summed E-state index contributed by atoms with van der Waals surface area (Å²) in [5, 5.41) is 3.04. The summed E-state index contributed by atoms with van der Waals surface area (Å²) >= 11 is 0. The van der Waals surface area contributed by atoms with Crippen LogP contribution < -0.4 is 15.8 Å². The molecule has 2 rings (SSSR count). The lowest BCUT2D eigenvalue weighted by Gasteiger charge is -2.29. The van der Waals surface area contributed by atoms with Crippen molar-refractivity contribution in [3.8, 4) is 5.75 Å². The number of anilines is 1. The number of carbonyl (C=O) groups is 1. The highest BCUT2D eigenvalue weighted by atomic mass is 16.5. The maximum Gasteiger partial charge on any atom is 0.257 e. The molecule has 2 unspecified atom stereocenters. The molecule has 5 heteroatoms. The largest absolute Gasteiger partial charge is 0.493 e. The van der Waals surface area contributed by atoms with E-state index in [1.807, 2.05) is 20.8 Å². The molecule has 20 heavy (non-hydrogen) atoms. The first-order valence-electron chi connectivity index (χ1n) is 6.93. The Kier molecular flexibility index (Phi) is 4.18. The maximum absolute atomic E-state index is 12.5. The average Bonchev–Trinajstić information content (AvgIpc) is 2.69. The van der Waals surface area contributed by atoms with Gasteiger partial charge >= 0.3 is 0 Å². The van der Waals surface area contributed by atoms with E-state index in [0.29, 0.717) is 30.2 Å². The van der Waals surface area contributed by atoms with E-state index >= 15 is 0 Å². The molecule has 5 nitrogen and oxygen atoms in total. The van der Waals surface area contributed by atoms with Gasteiger partial charge in [0, 0.05) is 12.3 Å². The Morgan fingerprint density at radius 3 is 2.95 bits per heavy atom. The SMILES string of the molecule is CCOc1cccc(N)c1C(=O)NC1(C)CCOC1C. The minimum atomic E-state index is -0.372. The molecule has 0 aliphatic carbocycles. The number of hydrogen-bond donors (Lipinski definition) is 2. The summed E-state index contributed by atoms with van der Waals surface area (Å²) in [7, 11) is 0. The van der Waals surface area contributed by atoms with E-state index in [0.717, 1.165) is 6.42 Å². The highest BCUT2D eigenvalue weighted by molar-refractivity contribution is 6.02. The van der Waals surface area contributed by atoms with E-state index in [1.165, 1.54) is 0 Å². The van der Waals surface area contributed by atoms with Gasteiger partial charge < -0.3 is 20.5 Å². The molecule has 1 aliphatic heterocycles. The molecule has 1 aromatic carbocycles. The van der Waals surface area contributed by atoms with Crippen LogP contribution in [-0.2, 0) is 4.74 Å². The Morgan fingerprint density at radius 2 is 2.35 bits per heavy atom. The van der Waals surface area contributed by atoms with Gasteiger partial charge in [-0.05, 0) is 39.3 Å². The van der Waals surface area contributed by atoms with Gasteiger partial charge in [0.25, 0.3) is 5.91 Å². The number of amides is 1. The van der Waals surface area contributed by atoms with Gasteiger partial charge in [-0.15, -0.1) is 0 Å². The number of nitrogens with one attached hydrogen (secondary N) is 1. The normalized spacial score (nSPS) is 25.4. The molecule has 0 spiro atoms. The van der Waals surface area contributed by atoms with E-state index in [2.05, 4.69) is 5.32 Å². The van der Waals surface area contributed by atoms with Crippen molar-refractivity contribution in [3.63, 3.8) is 0 Å². The standard InChI is InChI=1S/C15H22N2O3/c1-4-19-12-7-5-6-11(16)13(12)14(18)17-15(3)8-9-20-10(15)2/h5-7,10H,4,8-9,16H2,1-3H3,(H,17,18). The number of nitrogen functional groups attached to an aromatic ring is 1. The second-order valence-corrected chi connectivity index (χ2v) is 5.29. The summed E-state index contributed by atoms with van der Waals surface area (Å²) in [4.78, 5) is 12.5. The van der Waals surface area contributed by atoms with E-state index in [-0.39, 0.29) is 17.6 Å². The Morgan fingerprint density at radius 1 is 1.60 bits per heavy atom. The van der Waals surface area contributed by atoms with Gasteiger partial charge in [0.05, 0.1) is 18.2 Å². The summed E-state index contributed by atoms with van der Waals surface area (Å²) in [6.07, 6.45) is 0.767. The highest BCUT2D eigenvalue weighted by Crippen LogP contribution is 2.29. The van der Waals surface area contributed by atoms with Gasteiger partial charge in [-0.3, -0.25) is 4.79 Å². The van der Waals surface area contributed by atoms with Crippen LogP contribution in [0.3, 0.4) is 0 Å². The molecule has 1 aliphatic rings. The number of benzene rings is 1. The van der Waals surface area contributed by atoms with E-state index in [4.69, 9.17) is 15.2 Å². The summed E-state index contributed by atoms with van der Waals surface area (Å²) in [6, 6.07) is 5.24. The van der Waals surface area contributed by atoms with E-state index in [1.54, 1.807) is 18.2 Å². The van der Waals surface area contributed by atoms with Crippen LogP contribution in [0.1, 0.15) is 37.6 Å². The smallest absolute Gasteiger partial charge is 0.257 e. The van der Waals surface area contributed by atoms with Crippen LogP contribution in [0, 0.1) is 0 Å². The zero-order valence-corrected chi connectivity index (χ0v) is 12.2. The first-order chi connectivity index (χ1) is 9.48. The predicted octanol–water partition coefficient (Wildman–Crippen LogP) is 1.96. The van der Waals surface area contributed by atoms with Gasteiger partial charge in [-0.25, -0.2) is 0 Å². The van der Waals surface area contributed by atoms with Crippen LogP contribution in [0.15, 0.2) is 18.2 Å². The Hall–Kier alpha value is -1.75. The molecule has 0 aromatic heterocycles. The molecule has 1 amide bonds. The summed E-state index contributed by atoms with van der Waals surface area (Å²) in [5.74, 6) is 0.298. The minimum absolute atomic E-state index is 0.0214. The second kappa shape index (κ2) is 5.71. The topological polar surface area (TPSA) is 73.6 Å². The first-order valence-corrected chi connectivity index (χ1v) is 6.93. The fourth-order valence-electron chi connectivity index (χ4n) is 2.39. The third kappa shape index (κ3) is 2.72. The third-order valence-corrected chi connectivity index (χ3v) is 3.87. The Labute approximate surface area is 119 Å². The van der Waals surface area contributed by atoms with Crippen LogP contribution >= 0.6 is 0 Å². The molecule has 1 aromatic rings. The van der Waals surface area contributed by atoms with Crippen molar-refractivity contribution in [2.75, 3.05) is 18.9 Å². The molecule has 0 saturated carbocycles. The van der Waals surface area contributed by atoms with Crippen molar-refractivity contribution in [2.24, 2.45) is 0 Å². The highest BCUT2D eigenvalue weighted by Gasteiger charge is 2.39. The van der Waals surface area contributed by atoms with Crippen LogP contribution in [0.2, 0.25) is 0 Å². The van der Waals surface area contributed by atoms with Crippen molar-refractivity contribution >= 4 is 11.6 Å². The summed E-state index contributed by atoms with van der Waals surface area (Å²) < 4.78 is 11.0. The van der Waals surface area contributed by atoms with Crippen molar-refractivity contribution < 1.29 is 14.3 Å². The van der Waals surface area contributed by atoms with Gasteiger partial charge in [0.15, 0.2) is 0 Å².